The second kappa shape index (κ2) is 9.61. The van der Waals surface area contributed by atoms with Gasteiger partial charge in [-0.05, 0) is 44.1 Å². The first-order valence-corrected chi connectivity index (χ1v) is 10.0. The van der Waals surface area contributed by atoms with E-state index in [1.54, 1.807) is 6.07 Å². The van der Waals surface area contributed by atoms with E-state index in [1.165, 1.54) is 24.9 Å². The molecule has 0 radical (unpaired) electrons. The van der Waals surface area contributed by atoms with E-state index in [0.717, 1.165) is 30.9 Å². The fourth-order valence-corrected chi connectivity index (χ4v) is 3.96. The Balaban J connectivity index is 1.56. The number of para-hydroxylation sites is 1. The highest BCUT2D eigenvalue weighted by Crippen LogP contribution is 2.24. The van der Waals surface area contributed by atoms with Crippen molar-refractivity contribution in [3.63, 3.8) is 0 Å². The molecule has 1 aliphatic rings. The third-order valence-electron chi connectivity index (χ3n) is 4.97. The van der Waals surface area contributed by atoms with E-state index in [-0.39, 0.29) is 0 Å². The molecule has 0 saturated carbocycles. The minimum atomic E-state index is 0.430. The summed E-state index contributed by atoms with van der Waals surface area (Å²) in [7, 11) is 0. The van der Waals surface area contributed by atoms with Gasteiger partial charge < -0.3 is 10.1 Å². The summed E-state index contributed by atoms with van der Waals surface area (Å²) in [6.45, 7) is 6.85. The molecule has 1 heterocycles. The van der Waals surface area contributed by atoms with Gasteiger partial charge in [0.2, 0.25) is 0 Å². The van der Waals surface area contributed by atoms with Gasteiger partial charge in [-0.15, -0.1) is 0 Å². The summed E-state index contributed by atoms with van der Waals surface area (Å²) < 4.78 is 6.03. The molecule has 0 amide bonds. The van der Waals surface area contributed by atoms with Crippen molar-refractivity contribution in [2.75, 3.05) is 19.6 Å². The molecule has 2 aromatic carbocycles. The van der Waals surface area contributed by atoms with Gasteiger partial charge in [0.15, 0.2) is 0 Å². The molecule has 5 heteroatoms. The second-order valence-corrected chi connectivity index (χ2v) is 7.53. The van der Waals surface area contributed by atoms with Crippen molar-refractivity contribution in [3.05, 3.63) is 63.6 Å². The van der Waals surface area contributed by atoms with Crippen LogP contribution in [0, 0.1) is 0 Å². The minimum absolute atomic E-state index is 0.430. The van der Waals surface area contributed by atoms with Crippen molar-refractivity contribution in [1.29, 1.82) is 0 Å². The predicted molar refractivity (Wildman–Crippen MR) is 109 cm³/mol. The molecule has 0 aliphatic carbocycles. The number of likely N-dealkylation sites (N-methyl/N-ethyl adjacent to an activating group) is 1. The van der Waals surface area contributed by atoms with Crippen molar-refractivity contribution in [2.45, 2.75) is 39.0 Å². The number of rotatable bonds is 8. The van der Waals surface area contributed by atoms with Gasteiger partial charge in [0.1, 0.15) is 12.4 Å². The van der Waals surface area contributed by atoms with E-state index < -0.39 is 0 Å². The van der Waals surface area contributed by atoms with E-state index >= 15 is 0 Å². The average Bonchev–Trinajstić information content (AvgIpc) is 3.09. The highest BCUT2D eigenvalue weighted by molar-refractivity contribution is 6.35. The largest absolute Gasteiger partial charge is 0.489 e. The van der Waals surface area contributed by atoms with Crippen molar-refractivity contribution < 1.29 is 4.74 Å². The van der Waals surface area contributed by atoms with E-state index in [0.29, 0.717) is 22.7 Å². The number of hydrogen-bond acceptors (Lipinski definition) is 3. The van der Waals surface area contributed by atoms with Crippen LogP contribution in [0.4, 0.5) is 0 Å². The number of benzene rings is 2. The average molecular weight is 393 g/mol. The van der Waals surface area contributed by atoms with Crippen LogP contribution in [0.2, 0.25) is 10.0 Å². The van der Waals surface area contributed by atoms with Crippen molar-refractivity contribution in [3.8, 4) is 5.75 Å². The molecule has 1 saturated heterocycles. The quantitative estimate of drug-likeness (QED) is 0.672. The lowest BCUT2D eigenvalue weighted by Crippen LogP contribution is -2.37. The molecule has 0 unspecified atom stereocenters. The summed E-state index contributed by atoms with van der Waals surface area (Å²) in [4.78, 5) is 2.55. The smallest absolute Gasteiger partial charge is 0.124 e. The third kappa shape index (κ3) is 5.14. The molecular weight excluding hydrogens is 367 g/mol. The maximum absolute atomic E-state index is 6.24. The van der Waals surface area contributed by atoms with E-state index in [1.807, 2.05) is 30.3 Å². The van der Waals surface area contributed by atoms with Crippen LogP contribution in [0.1, 0.15) is 30.9 Å². The first-order chi connectivity index (χ1) is 12.7. The highest BCUT2D eigenvalue weighted by Gasteiger charge is 2.22. The van der Waals surface area contributed by atoms with E-state index in [2.05, 4.69) is 23.2 Å². The summed E-state index contributed by atoms with van der Waals surface area (Å²) in [5.74, 6) is 0.893. The van der Waals surface area contributed by atoms with E-state index in [9.17, 15) is 0 Å². The highest BCUT2D eigenvalue weighted by atomic mass is 35.5. The molecule has 1 N–H and O–H groups in total. The molecule has 140 valence electrons. The number of halogens is 2. The predicted octanol–water partition coefficient (Wildman–Crippen LogP) is 5.15. The zero-order valence-corrected chi connectivity index (χ0v) is 16.7. The molecule has 1 atom stereocenters. The van der Waals surface area contributed by atoms with Crippen LogP contribution in [0.5, 0.6) is 5.75 Å². The van der Waals surface area contributed by atoms with Gasteiger partial charge >= 0.3 is 0 Å². The maximum Gasteiger partial charge on any atom is 0.124 e. The zero-order valence-electron chi connectivity index (χ0n) is 15.2. The molecule has 2 aromatic rings. The molecular formula is C21H26Cl2N2O. The SMILES string of the molecule is CCN1CCC[C@H]1CNCc1ccccc1OCc1ccc(Cl)cc1Cl. The van der Waals surface area contributed by atoms with Gasteiger partial charge in [0, 0.05) is 40.3 Å². The van der Waals surface area contributed by atoms with Gasteiger partial charge in [-0.2, -0.15) is 0 Å². The summed E-state index contributed by atoms with van der Waals surface area (Å²) in [6.07, 6.45) is 2.59. The van der Waals surface area contributed by atoms with Crippen LogP contribution >= 0.6 is 23.2 Å². The Morgan fingerprint density at radius 3 is 2.81 bits per heavy atom. The number of hydrogen-bond donors (Lipinski definition) is 1. The van der Waals surface area contributed by atoms with Crippen LogP contribution in [-0.2, 0) is 13.2 Å². The summed E-state index contributed by atoms with van der Waals surface area (Å²) in [5.41, 5.74) is 2.10. The summed E-state index contributed by atoms with van der Waals surface area (Å²) >= 11 is 12.2. The zero-order chi connectivity index (χ0) is 18.4. The maximum atomic E-state index is 6.24. The number of nitrogens with one attached hydrogen (secondary N) is 1. The lowest BCUT2D eigenvalue weighted by atomic mass is 10.1. The first kappa shape index (κ1) is 19.5. The lowest BCUT2D eigenvalue weighted by Gasteiger charge is -2.23. The van der Waals surface area contributed by atoms with Crippen LogP contribution in [-0.4, -0.2) is 30.6 Å². The Bertz CT molecular complexity index is 723. The Morgan fingerprint density at radius 2 is 2.00 bits per heavy atom. The van der Waals surface area contributed by atoms with E-state index in [4.69, 9.17) is 27.9 Å². The Morgan fingerprint density at radius 1 is 1.15 bits per heavy atom. The van der Waals surface area contributed by atoms with Crippen molar-refractivity contribution in [2.24, 2.45) is 0 Å². The van der Waals surface area contributed by atoms with Crippen LogP contribution in [0.3, 0.4) is 0 Å². The van der Waals surface area contributed by atoms with Crippen molar-refractivity contribution in [1.82, 2.24) is 10.2 Å². The number of nitrogens with zero attached hydrogens (tertiary/aromatic N) is 1. The Labute approximate surface area is 166 Å². The third-order valence-corrected chi connectivity index (χ3v) is 5.56. The van der Waals surface area contributed by atoms with Gasteiger partial charge in [0.05, 0.1) is 0 Å². The molecule has 3 nitrogen and oxygen atoms in total. The first-order valence-electron chi connectivity index (χ1n) is 9.26. The van der Waals surface area contributed by atoms with Crippen molar-refractivity contribution >= 4 is 23.2 Å². The van der Waals surface area contributed by atoms with Crippen LogP contribution < -0.4 is 10.1 Å². The number of likely N-dealkylation sites (tertiary alicyclic amines) is 1. The Kier molecular flexibility index (Phi) is 7.21. The van der Waals surface area contributed by atoms with Gasteiger partial charge in [-0.25, -0.2) is 0 Å². The standard InChI is InChI=1S/C21H26Cl2N2O/c1-2-25-11-5-7-19(25)14-24-13-16-6-3-4-8-21(16)26-15-17-9-10-18(22)12-20(17)23/h3-4,6,8-10,12,19,24H,2,5,7,11,13-15H2,1H3/t19-/m0/s1. The molecule has 0 aromatic heterocycles. The minimum Gasteiger partial charge on any atom is -0.489 e. The molecule has 0 spiro atoms. The topological polar surface area (TPSA) is 24.5 Å². The summed E-state index contributed by atoms with van der Waals surface area (Å²) in [5, 5.41) is 4.87. The van der Waals surface area contributed by atoms with Gasteiger partial charge in [0.25, 0.3) is 0 Å². The lowest BCUT2D eigenvalue weighted by molar-refractivity contribution is 0.259. The van der Waals surface area contributed by atoms with Gasteiger partial charge in [-0.3, -0.25) is 4.90 Å². The number of ether oxygens (including phenoxy) is 1. The molecule has 1 aliphatic heterocycles. The Hall–Kier alpha value is -1.26. The second-order valence-electron chi connectivity index (χ2n) is 6.69. The summed E-state index contributed by atoms with van der Waals surface area (Å²) in [6, 6.07) is 14.3. The molecule has 0 bridgehead atoms. The molecule has 26 heavy (non-hydrogen) atoms. The van der Waals surface area contributed by atoms with Crippen LogP contribution in [0.25, 0.3) is 0 Å². The fraction of sp³-hybridized carbons (Fsp3) is 0.429. The monoisotopic (exact) mass is 392 g/mol. The molecule has 1 fully saturated rings. The molecule has 3 rings (SSSR count). The van der Waals surface area contributed by atoms with Crippen LogP contribution in [0.15, 0.2) is 42.5 Å². The fourth-order valence-electron chi connectivity index (χ4n) is 3.50. The van der Waals surface area contributed by atoms with Gasteiger partial charge in [-0.1, -0.05) is 54.4 Å². The normalized spacial score (nSPS) is 17.6.